The standard InChI is InChI=1S/C11H19N3O2S/c1-7(2)8-9(17-14-13-8)10(16)12-11(3,4)5-6-15/h7,15H,5-6H2,1-4H3,(H,12,16). The number of nitrogens with one attached hydrogen (secondary N) is 1. The summed E-state index contributed by atoms with van der Waals surface area (Å²) >= 11 is 1.11. The lowest BCUT2D eigenvalue weighted by molar-refractivity contribution is 0.0902. The van der Waals surface area contributed by atoms with Gasteiger partial charge in [-0.2, -0.15) is 0 Å². The maximum Gasteiger partial charge on any atom is 0.265 e. The lowest BCUT2D eigenvalue weighted by Gasteiger charge is -2.25. The van der Waals surface area contributed by atoms with Gasteiger partial charge in [0.05, 0.1) is 5.69 Å². The second-order valence-corrected chi connectivity index (χ2v) is 5.71. The van der Waals surface area contributed by atoms with Gasteiger partial charge in [0.1, 0.15) is 4.88 Å². The van der Waals surface area contributed by atoms with Crippen LogP contribution in [0.1, 0.15) is 55.4 Å². The molecule has 2 N–H and O–H groups in total. The van der Waals surface area contributed by atoms with Crippen molar-refractivity contribution in [3.63, 3.8) is 0 Å². The van der Waals surface area contributed by atoms with E-state index in [4.69, 9.17) is 5.11 Å². The predicted octanol–water partition coefficient (Wildman–Crippen LogP) is 1.55. The number of aliphatic hydroxyl groups is 1. The quantitative estimate of drug-likeness (QED) is 0.839. The minimum absolute atomic E-state index is 0.0469. The van der Waals surface area contributed by atoms with Gasteiger partial charge < -0.3 is 10.4 Å². The summed E-state index contributed by atoms with van der Waals surface area (Å²) in [6, 6.07) is 0. The summed E-state index contributed by atoms with van der Waals surface area (Å²) in [7, 11) is 0. The van der Waals surface area contributed by atoms with Crippen LogP contribution in [0.2, 0.25) is 0 Å². The van der Waals surface area contributed by atoms with Gasteiger partial charge >= 0.3 is 0 Å². The fraction of sp³-hybridized carbons (Fsp3) is 0.727. The molecule has 17 heavy (non-hydrogen) atoms. The molecule has 0 aromatic carbocycles. The lowest BCUT2D eigenvalue weighted by atomic mass is 10.0. The van der Waals surface area contributed by atoms with Crippen LogP contribution < -0.4 is 5.32 Å². The number of amides is 1. The van der Waals surface area contributed by atoms with Crippen molar-refractivity contribution in [1.29, 1.82) is 0 Å². The van der Waals surface area contributed by atoms with Gasteiger partial charge in [-0.15, -0.1) is 5.10 Å². The predicted molar refractivity (Wildman–Crippen MR) is 67.2 cm³/mol. The maximum absolute atomic E-state index is 12.1. The molecular formula is C11H19N3O2S. The summed E-state index contributed by atoms with van der Waals surface area (Å²) in [5.41, 5.74) is 0.302. The Labute approximate surface area is 105 Å². The SMILES string of the molecule is CC(C)c1nnsc1C(=O)NC(C)(C)CCO. The zero-order valence-electron chi connectivity index (χ0n) is 10.6. The number of carbonyl (C=O) groups excluding carboxylic acids is 1. The molecule has 5 nitrogen and oxygen atoms in total. The summed E-state index contributed by atoms with van der Waals surface area (Å²) in [5, 5.41) is 15.8. The van der Waals surface area contributed by atoms with Crippen LogP contribution in [0.4, 0.5) is 0 Å². The van der Waals surface area contributed by atoms with Crippen LogP contribution in [0.25, 0.3) is 0 Å². The molecule has 6 heteroatoms. The highest BCUT2D eigenvalue weighted by molar-refractivity contribution is 7.08. The van der Waals surface area contributed by atoms with Crippen LogP contribution in [0.3, 0.4) is 0 Å². The van der Waals surface area contributed by atoms with Crippen molar-refractivity contribution in [2.24, 2.45) is 0 Å². The van der Waals surface area contributed by atoms with Gasteiger partial charge in [-0.3, -0.25) is 4.79 Å². The number of nitrogens with zero attached hydrogens (tertiary/aromatic N) is 2. The zero-order valence-corrected chi connectivity index (χ0v) is 11.5. The van der Waals surface area contributed by atoms with Crippen LogP contribution in [-0.2, 0) is 0 Å². The zero-order chi connectivity index (χ0) is 13.1. The minimum Gasteiger partial charge on any atom is -0.396 e. The molecule has 0 aliphatic rings. The fourth-order valence-corrected chi connectivity index (χ4v) is 2.15. The average molecular weight is 257 g/mol. The van der Waals surface area contributed by atoms with Gasteiger partial charge in [0.2, 0.25) is 0 Å². The normalized spacial score (nSPS) is 11.9. The minimum atomic E-state index is -0.427. The molecule has 0 saturated heterocycles. The Morgan fingerprint density at radius 2 is 2.18 bits per heavy atom. The molecule has 96 valence electrons. The van der Waals surface area contributed by atoms with E-state index < -0.39 is 5.54 Å². The van der Waals surface area contributed by atoms with Crippen molar-refractivity contribution < 1.29 is 9.90 Å². The van der Waals surface area contributed by atoms with Crippen molar-refractivity contribution in [1.82, 2.24) is 14.9 Å². The molecule has 1 rings (SSSR count). The topological polar surface area (TPSA) is 75.1 Å². The summed E-state index contributed by atoms with van der Waals surface area (Å²) in [6.45, 7) is 7.76. The van der Waals surface area contributed by atoms with Gasteiger partial charge in [0, 0.05) is 12.1 Å². The number of rotatable bonds is 5. The van der Waals surface area contributed by atoms with E-state index in [2.05, 4.69) is 14.9 Å². The summed E-state index contributed by atoms with van der Waals surface area (Å²) in [4.78, 5) is 12.6. The number of hydrogen-bond acceptors (Lipinski definition) is 5. The molecule has 1 aromatic heterocycles. The van der Waals surface area contributed by atoms with E-state index in [0.717, 1.165) is 17.2 Å². The summed E-state index contributed by atoms with van der Waals surface area (Å²) < 4.78 is 3.82. The Bertz CT molecular complexity index is 388. The van der Waals surface area contributed by atoms with Gasteiger partial charge in [-0.05, 0) is 37.7 Å². The van der Waals surface area contributed by atoms with E-state index in [1.165, 1.54) is 0 Å². The number of aromatic nitrogens is 2. The number of carbonyl (C=O) groups is 1. The van der Waals surface area contributed by atoms with Crippen LogP contribution in [-0.4, -0.2) is 32.7 Å². The van der Waals surface area contributed by atoms with Crippen LogP contribution in [0.5, 0.6) is 0 Å². The average Bonchev–Trinajstić information content (AvgIpc) is 2.64. The van der Waals surface area contributed by atoms with Crippen LogP contribution in [0.15, 0.2) is 0 Å². The molecule has 1 aromatic rings. The largest absolute Gasteiger partial charge is 0.396 e. The first-order valence-electron chi connectivity index (χ1n) is 5.63. The van der Waals surface area contributed by atoms with Gasteiger partial charge in [-0.1, -0.05) is 18.3 Å². The van der Waals surface area contributed by atoms with E-state index in [-0.39, 0.29) is 18.4 Å². The van der Waals surface area contributed by atoms with Gasteiger partial charge in [-0.25, -0.2) is 0 Å². The first-order valence-corrected chi connectivity index (χ1v) is 6.40. The van der Waals surface area contributed by atoms with Gasteiger partial charge in [0.25, 0.3) is 5.91 Å². The Hall–Kier alpha value is -1.01. The van der Waals surface area contributed by atoms with E-state index in [1.54, 1.807) is 0 Å². The number of aliphatic hydroxyl groups excluding tert-OH is 1. The van der Waals surface area contributed by atoms with Crippen molar-refractivity contribution >= 4 is 17.4 Å². The summed E-state index contributed by atoms with van der Waals surface area (Å²) in [5.74, 6) is 0.0117. The van der Waals surface area contributed by atoms with Crippen molar-refractivity contribution in [2.45, 2.75) is 45.6 Å². The molecule has 1 amide bonds. The molecule has 0 unspecified atom stereocenters. The monoisotopic (exact) mass is 257 g/mol. The second kappa shape index (κ2) is 5.55. The Morgan fingerprint density at radius 3 is 2.71 bits per heavy atom. The lowest BCUT2D eigenvalue weighted by Crippen LogP contribution is -2.44. The molecular weight excluding hydrogens is 238 g/mol. The van der Waals surface area contributed by atoms with Crippen LogP contribution >= 0.6 is 11.5 Å². The molecule has 1 heterocycles. The Kier molecular flexibility index (Phi) is 4.59. The van der Waals surface area contributed by atoms with E-state index in [1.807, 2.05) is 27.7 Å². The first-order chi connectivity index (χ1) is 7.87. The molecule has 0 radical (unpaired) electrons. The second-order valence-electron chi connectivity index (χ2n) is 4.95. The molecule has 0 spiro atoms. The summed E-state index contributed by atoms with van der Waals surface area (Å²) in [6.07, 6.45) is 0.516. The van der Waals surface area contributed by atoms with E-state index in [0.29, 0.717) is 11.3 Å². The molecule has 0 atom stereocenters. The Balaban J connectivity index is 2.80. The van der Waals surface area contributed by atoms with Gasteiger partial charge in [0.15, 0.2) is 0 Å². The third-order valence-electron chi connectivity index (χ3n) is 2.46. The smallest absolute Gasteiger partial charge is 0.265 e. The highest BCUT2D eigenvalue weighted by atomic mass is 32.1. The maximum atomic E-state index is 12.1. The molecule has 0 aliphatic carbocycles. The van der Waals surface area contributed by atoms with Crippen LogP contribution in [0, 0.1) is 0 Å². The highest BCUT2D eigenvalue weighted by Crippen LogP contribution is 2.20. The third-order valence-corrected chi connectivity index (χ3v) is 3.20. The Morgan fingerprint density at radius 1 is 1.53 bits per heavy atom. The third kappa shape index (κ3) is 3.74. The molecule has 0 fully saturated rings. The molecule has 0 aliphatic heterocycles. The van der Waals surface area contributed by atoms with Crippen molar-refractivity contribution in [3.05, 3.63) is 10.6 Å². The molecule has 0 saturated carbocycles. The fourth-order valence-electron chi connectivity index (χ4n) is 1.44. The van der Waals surface area contributed by atoms with E-state index in [9.17, 15) is 4.79 Å². The van der Waals surface area contributed by atoms with E-state index >= 15 is 0 Å². The van der Waals surface area contributed by atoms with Crippen molar-refractivity contribution in [2.75, 3.05) is 6.61 Å². The molecule has 0 bridgehead atoms. The first kappa shape index (κ1) is 14.1. The highest BCUT2D eigenvalue weighted by Gasteiger charge is 2.24. The number of hydrogen-bond donors (Lipinski definition) is 2. The van der Waals surface area contributed by atoms with Crippen molar-refractivity contribution in [3.8, 4) is 0 Å².